The van der Waals surface area contributed by atoms with Gasteiger partial charge in [-0.2, -0.15) is 5.10 Å². The molecule has 0 aliphatic carbocycles. The number of aliphatic hydroxyl groups is 1. The van der Waals surface area contributed by atoms with Crippen molar-refractivity contribution in [2.24, 2.45) is 0 Å². The number of aromatic hydroxyl groups is 1. The van der Waals surface area contributed by atoms with E-state index in [2.05, 4.69) is 20.5 Å². The van der Waals surface area contributed by atoms with Gasteiger partial charge in [-0.1, -0.05) is 6.07 Å². The molecule has 4 rings (SSSR count). The first-order chi connectivity index (χ1) is 16.0. The van der Waals surface area contributed by atoms with Crippen LogP contribution in [0.25, 0.3) is 22.5 Å². The number of aliphatic hydroxyl groups excluding tert-OH is 1. The number of nitrogens with one attached hydrogen (secondary N) is 2. The summed E-state index contributed by atoms with van der Waals surface area (Å²) in [4.78, 5) is 17.1. The van der Waals surface area contributed by atoms with Crippen molar-refractivity contribution in [3.63, 3.8) is 0 Å². The van der Waals surface area contributed by atoms with Crippen LogP contribution in [0.15, 0.2) is 66.9 Å². The number of nitrogens with zero attached hydrogens (tertiary/aromatic N) is 2. The number of hydrogen-bond acceptors (Lipinski definition) is 5. The van der Waals surface area contributed by atoms with Crippen molar-refractivity contribution >= 4 is 5.91 Å². The Kier molecular flexibility index (Phi) is 6.41. The number of hydrogen-bond donors (Lipinski definition) is 4. The Morgan fingerprint density at radius 3 is 2.61 bits per heavy atom. The molecule has 1 amide bonds. The zero-order valence-electron chi connectivity index (χ0n) is 17.3. The Morgan fingerprint density at radius 1 is 1.09 bits per heavy atom. The molecule has 0 fully saturated rings. The van der Waals surface area contributed by atoms with Crippen LogP contribution < -0.4 is 5.32 Å². The van der Waals surface area contributed by atoms with Gasteiger partial charge in [0.15, 0.2) is 0 Å². The number of amides is 1. The summed E-state index contributed by atoms with van der Waals surface area (Å²) >= 11 is 0. The molecule has 7 nitrogen and oxygen atoms in total. The third kappa shape index (κ3) is 4.88. The lowest BCUT2D eigenvalue weighted by atomic mass is 10.0. The monoisotopic (exact) mass is 450 g/mol. The van der Waals surface area contributed by atoms with Gasteiger partial charge in [-0.05, 0) is 60.2 Å². The van der Waals surface area contributed by atoms with Crippen molar-refractivity contribution in [3.8, 4) is 28.3 Å². The minimum absolute atomic E-state index is 0.0167. The minimum Gasteiger partial charge on any atom is -0.506 e. The van der Waals surface area contributed by atoms with E-state index >= 15 is 0 Å². The molecule has 0 spiro atoms. The van der Waals surface area contributed by atoms with Crippen LogP contribution in [0, 0.1) is 11.6 Å². The van der Waals surface area contributed by atoms with Gasteiger partial charge < -0.3 is 15.5 Å². The van der Waals surface area contributed by atoms with Crippen molar-refractivity contribution in [3.05, 3.63) is 89.8 Å². The van der Waals surface area contributed by atoms with Crippen molar-refractivity contribution < 1.29 is 23.8 Å². The summed E-state index contributed by atoms with van der Waals surface area (Å²) < 4.78 is 28.0. The molecule has 2 heterocycles. The number of aromatic nitrogens is 3. The first-order valence-electron chi connectivity index (χ1n) is 10.1. The van der Waals surface area contributed by atoms with Crippen molar-refractivity contribution in [2.45, 2.75) is 12.5 Å². The van der Waals surface area contributed by atoms with Crippen LogP contribution in [0.3, 0.4) is 0 Å². The molecule has 168 valence electrons. The zero-order chi connectivity index (χ0) is 23.4. The molecular weight excluding hydrogens is 430 g/mol. The summed E-state index contributed by atoms with van der Waals surface area (Å²) in [6.07, 6.45) is 1.57. The van der Waals surface area contributed by atoms with E-state index in [1.165, 1.54) is 42.6 Å². The third-order valence-electron chi connectivity index (χ3n) is 5.11. The Hall–Kier alpha value is -4.11. The van der Waals surface area contributed by atoms with E-state index in [0.717, 1.165) is 0 Å². The first kappa shape index (κ1) is 22.1. The van der Waals surface area contributed by atoms with E-state index in [1.807, 2.05) is 0 Å². The van der Waals surface area contributed by atoms with Crippen LogP contribution in [0.4, 0.5) is 8.78 Å². The summed E-state index contributed by atoms with van der Waals surface area (Å²) in [5.41, 5.74) is 1.69. The average molecular weight is 450 g/mol. The van der Waals surface area contributed by atoms with Gasteiger partial charge in [0.25, 0.3) is 5.91 Å². The molecule has 0 bridgehead atoms. The number of carbonyl (C=O) groups excluding carboxylic acids is 1. The highest BCUT2D eigenvalue weighted by molar-refractivity contribution is 6.01. The molecule has 0 saturated heterocycles. The van der Waals surface area contributed by atoms with Gasteiger partial charge in [0.1, 0.15) is 17.4 Å². The van der Waals surface area contributed by atoms with Crippen LogP contribution in [0.1, 0.15) is 16.1 Å². The second-order valence-electron chi connectivity index (χ2n) is 7.36. The predicted molar refractivity (Wildman–Crippen MR) is 117 cm³/mol. The maximum Gasteiger partial charge on any atom is 0.252 e. The van der Waals surface area contributed by atoms with Crippen molar-refractivity contribution in [1.29, 1.82) is 0 Å². The fraction of sp³-hybridized carbons (Fsp3) is 0.125. The van der Waals surface area contributed by atoms with Crippen LogP contribution in [-0.4, -0.2) is 44.0 Å². The van der Waals surface area contributed by atoms with Gasteiger partial charge in [-0.3, -0.25) is 14.9 Å². The maximum atomic E-state index is 14.8. The van der Waals surface area contributed by atoms with E-state index in [9.17, 15) is 23.8 Å². The van der Waals surface area contributed by atoms with Crippen molar-refractivity contribution in [1.82, 2.24) is 20.5 Å². The molecule has 1 atom stereocenters. The average Bonchev–Trinajstić information content (AvgIpc) is 3.30. The quantitative estimate of drug-likeness (QED) is 0.345. The zero-order valence-corrected chi connectivity index (χ0v) is 17.3. The fourth-order valence-electron chi connectivity index (χ4n) is 3.45. The number of halogens is 2. The Labute approximate surface area is 187 Å². The van der Waals surface area contributed by atoms with Crippen LogP contribution in [0.2, 0.25) is 0 Å². The highest BCUT2D eigenvalue weighted by atomic mass is 19.1. The van der Waals surface area contributed by atoms with Gasteiger partial charge in [0, 0.05) is 12.6 Å². The van der Waals surface area contributed by atoms with Crippen LogP contribution >= 0.6 is 0 Å². The topological polar surface area (TPSA) is 111 Å². The summed E-state index contributed by atoms with van der Waals surface area (Å²) in [5, 5.41) is 29.2. The number of pyridine rings is 1. The Bertz CT molecular complexity index is 1270. The molecule has 0 unspecified atom stereocenters. The Balaban J connectivity index is 1.60. The third-order valence-corrected chi connectivity index (χ3v) is 5.11. The normalized spacial score (nSPS) is 11.8. The minimum atomic E-state index is -0.761. The highest BCUT2D eigenvalue weighted by Crippen LogP contribution is 2.29. The second-order valence-corrected chi connectivity index (χ2v) is 7.36. The molecule has 2 aromatic heterocycles. The standard InChI is InChI=1S/C24H20F2N4O3/c25-15-8-6-14(7-9-15)19-12-21(30-29-19)23-17(3-1-4-18(23)26)24(33)28-16(13-31)11-20-22(32)5-2-10-27-20/h1-10,12,16,31-32H,11,13H2,(H,28,33)(H,29,30)/t16-/m1/s1. The molecule has 4 aromatic rings. The summed E-state index contributed by atoms with van der Waals surface area (Å²) in [6, 6.07) is 13.6. The molecule has 0 aliphatic heterocycles. The maximum absolute atomic E-state index is 14.8. The highest BCUT2D eigenvalue weighted by Gasteiger charge is 2.22. The fourth-order valence-corrected chi connectivity index (χ4v) is 3.45. The number of carbonyl (C=O) groups is 1. The van der Waals surface area contributed by atoms with Gasteiger partial charge in [0.05, 0.1) is 40.9 Å². The number of benzene rings is 2. The lowest BCUT2D eigenvalue weighted by molar-refractivity contribution is 0.0916. The van der Waals surface area contributed by atoms with Crippen molar-refractivity contribution in [2.75, 3.05) is 6.61 Å². The van der Waals surface area contributed by atoms with Gasteiger partial charge >= 0.3 is 0 Å². The molecule has 0 aliphatic rings. The molecule has 9 heteroatoms. The molecule has 0 saturated carbocycles. The van der Waals surface area contributed by atoms with E-state index in [-0.39, 0.29) is 34.8 Å². The molecule has 2 aromatic carbocycles. The summed E-state index contributed by atoms with van der Waals surface area (Å²) in [5.74, 6) is -1.71. The SMILES string of the molecule is O=C(N[C@@H](CO)Cc1ncccc1O)c1cccc(F)c1-c1cc(-c2ccc(F)cc2)[nH]n1. The van der Waals surface area contributed by atoms with Gasteiger partial charge in [0.2, 0.25) is 0 Å². The number of H-pyrrole nitrogens is 1. The molecule has 4 N–H and O–H groups in total. The van der Waals surface area contributed by atoms with Crippen LogP contribution in [0.5, 0.6) is 5.75 Å². The lowest BCUT2D eigenvalue weighted by Crippen LogP contribution is -2.39. The van der Waals surface area contributed by atoms with Crippen LogP contribution in [-0.2, 0) is 6.42 Å². The first-order valence-corrected chi connectivity index (χ1v) is 10.1. The van der Waals surface area contributed by atoms with E-state index in [0.29, 0.717) is 17.0 Å². The van der Waals surface area contributed by atoms with Gasteiger partial charge in [-0.15, -0.1) is 0 Å². The molecule has 33 heavy (non-hydrogen) atoms. The molecular formula is C24H20F2N4O3. The molecule has 0 radical (unpaired) electrons. The second kappa shape index (κ2) is 9.58. The number of rotatable bonds is 7. The number of aromatic amines is 1. The van der Waals surface area contributed by atoms with E-state index < -0.39 is 24.4 Å². The summed E-state index contributed by atoms with van der Waals surface area (Å²) in [6.45, 7) is -0.413. The summed E-state index contributed by atoms with van der Waals surface area (Å²) in [7, 11) is 0. The smallest absolute Gasteiger partial charge is 0.252 e. The van der Waals surface area contributed by atoms with E-state index in [4.69, 9.17) is 0 Å². The van der Waals surface area contributed by atoms with E-state index in [1.54, 1.807) is 24.3 Å². The predicted octanol–water partition coefficient (Wildman–Crippen LogP) is 3.46. The van der Waals surface area contributed by atoms with Gasteiger partial charge in [-0.25, -0.2) is 8.78 Å². The Morgan fingerprint density at radius 2 is 1.88 bits per heavy atom. The lowest BCUT2D eigenvalue weighted by Gasteiger charge is -2.17. The largest absolute Gasteiger partial charge is 0.506 e.